The fourth-order valence-corrected chi connectivity index (χ4v) is 9.99. The molecule has 0 radical (unpaired) electrons. The van der Waals surface area contributed by atoms with E-state index in [0.29, 0.717) is 11.5 Å². The third kappa shape index (κ3) is 9.62. The van der Waals surface area contributed by atoms with Crippen molar-refractivity contribution < 1.29 is 25.8 Å². The number of benzene rings is 7. The first kappa shape index (κ1) is 49.3. The summed E-state index contributed by atoms with van der Waals surface area (Å²) in [7, 11) is 0. The first-order valence-corrected chi connectivity index (χ1v) is 24.5. The van der Waals surface area contributed by atoms with Crippen molar-refractivity contribution in [2.24, 2.45) is 10.8 Å². The van der Waals surface area contributed by atoms with Gasteiger partial charge in [0.2, 0.25) is 0 Å². The van der Waals surface area contributed by atoms with E-state index in [2.05, 4.69) is 267 Å². The maximum Gasteiger partial charge on any atom is 0.135 e. The summed E-state index contributed by atoms with van der Waals surface area (Å²) >= 11 is 0. The van der Waals surface area contributed by atoms with Crippen molar-refractivity contribution in [3.63, 3.8) is 0 Å². The van der Waals surface area contributed by atoms with Crippen LogP contribution < -0.4 is 14.5 Å². The van der Waals surface area contributed by atoms with Gasteiger partial charge in [-0.25, -0.2) is 4.98 Å². The zero-order valence-corrected chi connectivity index (χ0v) is 45.1. The minimum absolute atomic E-state index is 0. The fraction of sp³-hybridized carbons (Fsp3) is 0.231. The Morgan fingerprint density at radius 1 is 0.465 bits per heavy atom. The number of hydrogen-bond acceptors (Lipinski definition) is 4. The Kier molecular flexibility index (Phi) is 13.1. The third-order valence-corrected chi connectivity index (χ3v) is 13.7. The van der Waals surface area contributed by atoms with Crippen LogP contribution in [0.2, 0.25) is 0 Å². The number of pyridine rings is 1. The van der Waals surface area contributed by atoms with E-state index in [1.165, 1.54) is 44.8 Å². The maximum absolute atomic E-state index is 6.82. The van der Waals surface area contributed by atoms with Crippen LogP contribution in [0.25, 0.3) is 49.9 Å². The van der Waals surface area contributed by atoms with E-state index in [9.17, 15) is 0 Å². The molecule has 0 fully saturated rings. The van der Waals surface area contributed by atoms with E-state index in [4.69, 9.17) is 9.72 Å². The van der Waals surface area contributed by atoms with Crippen molar-refractivity contribution in [3.05, 3.63) is 223 Å². The third-order valence-electron chi connectivity index (χ3n) is 13.7. The summed E-state index contributed by atoms with van der Waals surface area (Å²) < 4.78 is 9.04. The predicted molar refractivity (Wildman–Crippen MR) is 293 cm³/mol. The molecule has 0 bridgehead atoms. The molecule has 0 aliphatic carbocycles. The number of ether oxygens (including phenoxy) is 1. The largest absolute Gasteiger partial charge is 0.509 e. The normalized spacial score (nSPS) is 13.6. The maximum atomic E-state index is 6.82. The molecule has 5 nitrogen and oxygen atoms in total. The molecule has 3 heterocycles. The molecule has 0 unspecified atom stereocenters. The quantitative estimate of drug-likeness (QED) is 0.135. The zero-order valence-electron chi connectivity index (χ0n) is 42.8. The molecule has 0 saturated carbocycles. The van der Waals surface area contributed by atoms with Crippen LogP contribution in [0.3, 0.4) is 0 Å². The van der Waals surface area contributed by atoms with Crippen molar-refractivity contribution in [2.75, 3.05) is 9.80 Å². The number of rotatable bonds is 9. The zero-order chi connectivity index (χ0) is 49.2. The van der Waals surface area contributed by atoms with Crippen molar-refractivity contribution in [2.45, 2.75) is 87.0 Å². The van der Waals surface area contributed by atoms with Crippen LogP contribution in [-0.2, 0) is 31.9 Å². The molecular weight excluding hydrogens is 1050 g/mol. The Morgan fingerprint density at radius 3 is 1.73 bits per heavy atom. The minimum atomic E-state index is -0.259. The smallest absolute Gasteiger partial charge is 0.135 e. The molecule has 7 aromatic carbocycles. The molecule has 0 amide bonds. The first-order chi connectivity index (χ1) is 33.3. The van der Waals surface area contributed by atoms with Crippen molar-refractivity contribution in [3.8, 4) is 39.6 Å². The predicted octanol–water partition coefficient (Wildman–Crippen LogP) is 17.3. The molecule has 6 heteroatoms. The summed E-state index contributed by atoms with van der Waals surface area (Å²) in [6, 6.07) is 68.0. The van der Waals surface area contributed by atoms with Crippen LogP contribution in [0, 0.1) is 29.6 Å². The average Bonchev–Trinajstić information content (AvgIpc) is 3.93. The number of hydrogen-bond donors (Lipinski definition) is 0. The summed E-state index contributed by atoms with van der Waals surface area (Å²) in [6.07, 6.45) is 1.92. The standard InChI is InChI=1S/C65H63N4O.Pt/c1-62(2,3)49-34-35-66-59(40-49)69-57-33-30-46(44-22-15-12-16-23-44)38-56(57)55-32-31-54(42-58(55)69)70-53-29-21-28-51(41-53)67-43-68(61(64(7,8)9)60(67)63(4,5)6)52-37-47(45-24-17-13-18-25-45)36-50(39-52)65(10,11)48-26-19-14-20-27-48;/h12-40,43H,1-11H3;/q-3;. The molecule has 0 N–H and O–H groups in total. The Morgan fingerprint density at radius 2 is 1.08 bits per heavy atom. The molecule has 0 saturated heterocycles. The number of nitrogens with zero attached hydrogens (tertiary/aromatic N) is 4. The topological polar surface area (TPSA) is 33.5 Å². The summed E-state index contributed by atoms with van der Waals surface area (Å²) in [5, 5.41) is 2.21. The van der Waals surface area contributed by atoms with Crippen LogP contribution in [0.15, 0.2) is 187 Å². The first-order valence-electron chi connectivity index (χ1n) is 24.5. The van der Waals surface area contributed by atoms with Crippen LogP contribution in [-0.4, -0.2) is 9.55 Å². The van der Waals surface area contributed by atoms with E-state index < -0.39 is 0 Å². The average molecular weight is 1110 g/mol. The molecule has 362 valence electrons. The van der Waals surface area contributed by atoms with Gasteiger partial charge in [-0.15, -0.1) is 48.1 Å². The van der Waals surface area contributed by atoms with Crippen molar-refractivity contribution >= 4 is 33.2 Å². The van der Waals surface area contributed by atoms with Gasteiger partial charge in [0.25, 0.3) is 0 Å². The van der Waals surface area contributed by atoms with Gasteiger partial charge in [0, 0.05) is 77.6 Å². The van der Waals surface area contributed by atoms with Crippen molar-refractivity contribution in [1.29, 1.82) is 0 Å². The second-order valence-electron chi connectivity index (χ2n) is 22.4. The van der Waals surface area contributed by atoms with Gasteiger partial charge in [-0.2, -0.15) is 12.1 Å². The monoisotopic (exact) mass is 1110 g/mol. The molecule has 71 heavy (non-hydrogen) atoms. The fourth-order valence-electron chi connectivity index (χ4n) is 9.99. The molecule has 0 atom stereocenters. The Labute approximate surface area is 436 Å². The Hall–Kier alpha value is -6.68. The Balaban J connectivity index is 0.00000624. The van der Waals surface area contributed by atoms with Crippen LogP contribution in [0.4, 0.5) is 11.4 Å². The summed E-state index contributed by atoms with van der Waals surface area (Å²) in [5.41, 5.74) is 14.0. The van der Waals surface area contributed by atoms with Gasteiger partial charge in [0.1, 0.15) is 5.82 Å². The molecule has 0 spiro atoms. The molecule has 9 aromatic rings. The van der Waals surface area contributed by atoms with Gasteiger partial charge in [-0.1, -0.05) is 191 Å². The number of anilines is 2. The molecule has 1 aliphatic rings. The van der Waals surface area contributed by atoms with E-state index >= 15 is 0 Å². The van der Waals surface area contributed by atoms with Crippen molar-refractivity contribution in [1.82, 2.24) is 9.55 Å². The summed E-state index contributed by atoms with van der Waals surface area (Å²) in [6.45, 7) is 27.5. The molecule has 10 rings (SSSR count). The minimum Gasteiger partial charge on any atom is -0.509 e. The Bertz CT molecular complexity index is 3410. The molecule has 1 aliphatic heterocycles. The number of fused-ring (bicyclic) bond motifs is 3. The second kappa shape index (κ2) is 18.8. The van der Waals surface area contributed by atoms with Gasteiger partial charge >= 0.3 is 0 Å². The van der Waals surface area contributed by atoms with Crippen LogP contribution in [0.1, 0.15) is 92.9 Å². The van der Waals surface area contributed by atoms with E-state index in [0.717, 1.165) is 44.6 Å². The van der Waals surface area contributed by atoms with E-state index in [1.54, 1.807) is 0 Å². The SMILES string of the molecule is CC(C)(C)C1=C(C(C)(C)C)N(c2cc(-c3ccccc3)cc(C(C)(C)c3ccccc3)c2)[CH-]N1c1[c-]c(Oc2[c-]c3c(cc2)c2cc(-c4ccccc4)ccc2n3-c2cc(C(C)(C)C)ccn2)ccc1.[Pt]. The van der Waals surface area contributed by atoms with Gasteiger partial charge in [0.05, 0.1) is 0 Å². The van der Waals surface area contributed by atoms with Gasteiger partial charge in [-0.05, 0) is 80.1 Å². The number of aromatic nitrogens is 2. The van der Waals surface area contributed by atoms with Gasteiger partial charge in [-0.3, -0.25) is 0 Å². The second-order valence-corrected chi connectivity index (χ2v) is 22.4. The molecule has 2 aromatic heterocycles. The molecular formula is C65H63N4OPt-3. The van der Waals surface area contributed by atoms with Gasteiger partial charge in [0.15, 0.2) is 0 Å². The van der Waals surface area contributed by atoms with E-state index in [-0.39, 0.29) is 42.7 Å². The van der Waals surface area contributed by atoms with E-state index in [1.807, 2.05) is 18.3 Å². The summed E-state index contributed by atoms with van der Waals surface area (Å²) in [5.74, 6) is 2.04. The number of allylic oxidation sites excluding steroid dienone is 2. The van der Waals surface area contributed by atoms with Crippen LogP contribution in [0.5, 0.6) is 11.5 Å². The summed E-state index contributed by atoms with van der Waals surface area (Å²) in [4.78, 5) is 9.70. The van der Waals surface area contributed by atoms with Gasteiger partial charge < -0.3 is 19.1 Å². The van der Waals surface area contributed by atoms with Crippen LogP contribution >= 0.6 is 0 Å².